The van der Waals surface area contributed by atoms with E-state index in [-0.39, 0.29) is 18.2 Å². The SMILES string of the molecule is COc1cccc(C(=O)CNC(=O)c2ccoc2)c1. The van der Waals surface area contributed by atoms with E-state index in [1.165, 1.54) is 25.7 Å². The smallest absolute Gasteiger partial charge is 0.254 e. The Kier molecular flexibility index (Phi) is 3.97. The lowest BCUT2D eigenvalue weighted by molar-refractivity contribution is 0.0903. The lowest BCUT2D eigenvalue weighted by Crippen LogP contribution is -2.29. The number of carbonyl (C=O) groups is 2. The van der Waals surface area contributed by atoms with E-state index in [9.17, 15) is 9.59 Å². The molecular formula is C14H13NO4. The molecule has 1 amide bonds. The monoisotopic (exact) mass is 259 g/mol. The van der Waals surface area contributed by atoms with Crippen LogP contribution >= 0.6 is 0 Å². The van der Waals surface area contributed by atoms with Gasteiger partial charge in [0.1, 0.15) is 12.0 Å². The third-order valence-corrected chi connectivity index (χ3v) is 2.58. The van der Waals surface area contributed by atoms with Gasteiger partial charge in [-0.2, -0.15) is 0 Å². The van der Waals surface area contributed by atoms with E-state index in [0.717, 1.165) is 0 Å². The van der Waals surface area contributed by atoms with Crippen LogP contribution in [0.2, 0.25) is 0 Å². The Morgan fingerprint density at radius 1 is 1.26 bits per heavy atom. The van der Waals surface area contributed by atoms with E-state index in [1.807, 2.05) is 0 Å². The maximum Gasteiger partial charge on any atom is 0.254 e. The zero-order valence-electron chi connectivity index (χ0n) is 10.4. The first-order chi connectivity index (χ1) is 9.20. The van der Waals surface area contributed by atoms with E-state index in [0.29, 0.717) is 16.9 Å². The van der Waals surface area contributed by atoms with Crippen LogP contribution in [0.3, 0.4) is 0 Å². The number of Topliss-reactive ketones (excluding diaryl/α,β-unsaturated/α-hetero) is 1. The zero-order valence-corrected chi connectivity index (χ0v) is 10.4. The van der Waals surface area contributed by atoms with Gasteiger partial charge in [0, 0.05) is 5.56 Å². The van der Waals surface area contributed by atoms with Crippen molar-refractivity contribution in [1.82, 2.24) is 5.32 Å². The second-order valence-corrected chi connectivity index (χ2v) is 3.85. The molecule has 98 valence electrons. The normalized spacial score (nSPS) is 9.95. The molecule has 1 aromatic carbocycles. The molecule has 0 saturated carbocycles. The highest BCUT2D eigenvalue weighted by Crippen LogP contribution is 2.12. The summed E-state index contributed by atoms with van der Waals surface area (Å²) in [6, 6.07) is 8.32. The van der Waals surface area contributed by atoms with Gasteiger partial charge in [0.2, 0.25) is 0 Å². The van der Waals surface area contributed by atoms with E-state index in [4.69, 9.17) is 9.15 Å². The molecule has 2 rings (SSSR count). The maximum absolute atomic E-state index is 11.9. The number of nitrogens with one attached hydrogen (secondary N) is 1. The van der Waals surface area contributed by atoms with Gasteiger partial charge in [-0.05, 0) is 18.2 Å². The standard InChI is InChI=1S/C14H13NO4/c1-18-12-4-2-3-10(7-12)13(16)8-15-14(17)11-5-6-19-9-11/h2-7,9H,8H2,1H3,(H,15,17). The first-order valence-corrected chi connectivity index (χ1v) is 5.68. The largest absolute Gasteiger partial charge is 0.497 e. The van der Waals surface area contributed by atoms with Crippen LogP contribution in [0, 0.1) is 0 Å². The topological polar surface area (TPSA) is 68.5 Å². The van der Waals surface area contributed by atoms with Crippen molar-refractivity contribution < 1.29 is 18.7 Å². The van der Waals surface area contributed by atoms with Crippen molar-refractivity contribution in [3.8, 4) is 5.75 Å². The molecule has 0 aliphatic carbocycles. The minimum atomic E-state index is -0.343. The molecule has 0 unspecified atom stereocenters. The summed E-state index contributed by atoms with van der Waals surface area (Å²) in [5, 5.41) is 2.53. The summed E-state index contributed by atoms with van der Waals surface area (Å²) in [5.41, 5.74) is 0.880. The summed E-state index contributed by atoms with van der Waals surface area (Å²) >= 11 is 0. The van der Waals surface area contributed by atoms with Gasteiger partial charge in [-0.25, -0.2) is 0 Å². The highest BCUT2D eigenvalue weighted by molar-refractivity contribution is 6.02. The van der Waals surface area contributed by atoms with Gasteiger partial charge in [-0.1, -0.05) is 12.1 Å². The number of carbonyl (C=O) groups excluding carboxylic acids is 2. The fourth-order valence-electron chi connectivity index (χ4n) is 1.55. The van der Waals surface area contributed by atoms with E-state index < -0.39 is 0 Å². The quantitative estimate of drug-likeness (QED) is 0.833. The third kappa shape index (κ3) is 3.22. The minimum absolute atomic E-state index is 0.0722. The Bertz CT molecular complexity index is 575. The van der Waals surface area contributed by atoms with Crippen LogP contribution in [-0.4, -0.2) is 25.3 Å². The lowest BCUT2D eigenvalue weighted by atomic mass is 10.1. The number of ketones is 1. The Labute approximate surface area is 110 Å². The molecule has 19 heavy (non-hydrogen) atoms. The van der Waals surface area contributed by atoms with Crippen LogP contribution < -0.4 is 10.1 Å². The molecule has 0 bridgehead atoms. The summed E-state index contributed by atoms with van der Waals surface area (Å²) in [7, 11) is 1.53. The first-order valence-electron chi connectivity index (χ1n) is 5.68. The predicted molar refractivity (Wildman–Crippen MR) is 68.4 cm³/mol. The average Bonchev–Trinajstić information content (AvgIpc) is 2.98. The summed E-state index contributed by atoms with van der Waals surface area (Å²) < 4.78 is 9.83. The van der Waals surface area contributed by atoms with Gasteiger partial charge in [-0.3, -0.25) is 9.59 Å². The number of amides is 1. The van der Waals surface area contributed by atoms with Crippen LogP contribution in [0.15, 0.2) is 47.3 Å². The predicted octanol–water partition coefficient (Wildman–Crippen LogP) is 1.90. The molecule has 1 N–H and O–H groups in total. The van der Waals surface area contributed by atoms with Crippen molar-refractivity contribution in [2.75, 3.05) is 13.7 Å². The molecule has 0 atom stereocenters. The molecule has 1 heterocycles. The Balaban J connectivity index is 1.96. The molecule has 0 spiro atoms. The number of hydrogen-bond donors (Lipinski definition) is 1. The van der Waals surface area contributed by atoms with Crippen molar-refractivity contribution in [2.45, 2.75) is 0 Å². The molecular weight excluding hydrogens is 246 g/mol. The molecule has 0 aliphatic heterocycles. The summed E-state index contributed by atoms with van der Waals surface area (Å²) in [6.07, 6.45) is 2.73. The number of rotatable bonds is 5. The lowest BCUT2D eigenvalue weighted by Gasteiger charge is -2.05. The number of hydrogen-bond acceptors (Lipinski definition) is 4. The van der Waals surface area contributed by atoms with Crippen LogP contribution in [0.1, 0.15) is 20.7 Å². The zero-order chi connectivity index (χ0) is 13.7. The summed E-state index contributed by atoms with van der Waals surface area (Å²) in [5.74, 6) is 0.0766. The van der Waals surface area contributed by atoms with Crippen LogP contribution in [0.4, 0.5) is 0 Å². The Morgan fingerprint density at radius 2 is 2.11 bits per heavy atom. The number of furan rings is 1. The molecule has 5 heteroatoms. The molecule has 1 aromatic heterocycles. The number of benzene rings is 1. The van der Waals surface area contributed by atoms with Gasteiger partial charge < -0.3 is 14.5 Å². The van der Waals surface area contributed by atoms with Crippen molar-refractivity contribution in [3.05, 3.63) is 54.0 Å². The van der Waals surface area contributed by atoms with Crippen LogP contribution in [-0.2, 0) is 0 Å². The van der Waals surface area contributed by atoms with Crippen molar-refractivity contribution >= 4 is 11.7 Å². The van der Waals surface area contributed by atoms with Crippen molar-refractivity contribution in [1.29, 1.82) is 0 Å². The van der Waals surface area contributed by atoms with Gasteiger partial charge in [0.25, 0.3) is 5.91 Å². The minimum Gasteiger partial charge on any atom is -0.497 e. The van der Waals surface area contributed by atoms with E-state index >= 15 is 0 Å². The van der Waals surface area contributed by atoms with Gasteiger partial charge in [0.15, 0.2) is 5.78 Å². The molecule has 0 aliphatic rings. The molecule has 0 fully saturated rings. The van der Waals surface area contributed by atoms with Crippen molar-refractivity contribution in [2.24, 2.45) is 0 Å². The molecule has 2 aromatic rings. The maximum atomic E-state index is 11.9. The van der Waals surface area contributed by atoms with E-state index in [2.05, 4.69) is 5.32 Å². The second-order valence-electron chi connectivity index (χ2n) is 3.85. The second kappa shape index (κ2) is 5.86. The fraction of sp³-hybridized carbons (Fsp3) is 0.143. The molecule has 5 nitrogen and oxygen atoms in total. The summed E-state index contributed by atoms with van der Waals surface area (Å²) in [4.78, 5) is 23.5. The van der Waals surface area contributed by atoms with Crippen LogP contribution in [0.25, 0.3) is 0 Å². The number of methoxy groups -OCH3 is 1. The molecule has 0 radical (unpaired) electrons. The average molecular weight is 259 g/mol. The highest BCUT2D eigenvalue weighted by Gasteiger charge is 2.11. The highest BCUT2D eigenvalue weighted by atomic mass is 16.5. The number of ether oxygens (including phenoxy) is 1. The van der Waals surface area contributed by atoms with Gasteiger partial charge in [0.05, 0.1) is 25.5 Å². The van der Waals surface area contributed by atoms with E-state index in [1.54, 1.807) is 24.3 Å². The molecule has 0 saturated heterocycles. The van der Waals surface area contributed by atoms with Crippen molar-refractivity contribution in [3.63, 3.8) is 0 Å². The third-order valence-electron chi connectivity index (χ3n) is 2.58. The fourth-order valence-corrected chi connectivity index (χ4v) is 1.55. The van der Waals surface area contributed by atoms with Gasteiger partial charge >= 0.3 is 0 Å². The van der Waals surface area contributed by atoms with Gasteiger partial charge in [-0.15, -0.1) is 0 Å². The first kappa shape index (κ1) is 12.9. The Hall–Kier alpha value is -2.56. The Morgan fingerprint density at radius 3 is 2.79 bits per heavy atom. The van der Waals surface area contributed by atoms with Crippen LogP contribution in [0.5, 0.6) is 5.75 Å². The summed E-state index contributed by atoms with van der Waals surface area (Å²) in [6.45, 7) is -0.0722.